The SMILES string of the molecule is COc1ccc(NC(=O)C(C)(C)C(=O)Nc2cccc(C(C)=O)c2)cc1OC. The average Bonchev–Trinajstić information content (AvgIpc) is 2.67. The molecule has 0 saturated carbocycles. The molecule has 0 aliphatic rings. The predicted octanol–water partition coefficient (Wildman–Crippen LogP) is 3.51. The third-order valence-corrected chi connectivity index (χ3v) is 4.30. The molecule has 0 atom stereocenters. The first-order valence-electron chi connectivity index (χ1n) is 8.65. The van der Waals surface area contributed by atoms with Gasteiger partial charge in [-0.1, -0.05) is 12.1 Å². The van der Waals surface area contributed by atoms with Gasteiger partial charge in [0.2, 0.25) is 11.8 Å². The number of methoxy groups -OCH3 is 2. The number of carbonyl (C=O) groups excluding carboxylic acids is 3. The second-order valence-corrected chi connectivity index (χ2v) is 6.74. The molecule has 7 nitrogen and oxygen atoms in total. The van der Waals surface area contributed by atoms with Crippen molar-refractivity contribution in [3.05, 3.63) is 48.0 Å². The first-order chi connectivity index (χ1) is 13.2. The Hall–Kier alpha value is -3.35. The predicted molar refractivity (Wildman–Crippen MR) is 107 cm³/mol. The topological polar surface area (TPSA) is 93.7 Å². The lowest BCUT2D eigenvalue weighted by Gasteiger charge is -2.23. The van der Waals surface area contributed by atoms with Gasteiger partial charge in [-0.25, -0.2) is 0 Å². The van der Waals surface area contributed by atoms with E-state index in [-0.39, 0.29) is 5.78 Å². The summed E-state index contributed by atoms with van der Waals surface area (Å²) < 4.78 is 10.4. The van der Waals surface area contributed by atoms with E-state index in [1.807, 2.05) is 0 Å². The number of benzene rings is 2. The molecule has 2 rings (SSSR count). The summed E-state index contributed by atoms with van der Waals surface area (Å²) in [6.07, 6.45) is 0. The summed E-state index contributed by atoms with van der Waals surface area (Å²) in [6, 6.07) is 11.5. The summed E-state index contributed by atoms with van der Waals surface area (Å²) >= 11 is 0. The molecule has 28 heavy (non-hydrogen) atoms. The summed E-state index contributed by atoms with van der Waals surface area (Å²) in [4.78, 5) is 36.9. The number of amides is 2. The Morgan fingerprint density at radius 2 is 1.39 bits per heavy atom. The molecule has 2 amide bonds. The maximum absolute atomic E-state index is 12.7. The molecule has 0 bridgehead atoms. The van der Waals surface area contributed by atoms with Crippen molar-refractivity contribution in [3.63, 3.8) is 0 Å². The van der Waals surface area contributed by atoms with Crippen LogP contribution in [0.3, 0.4) is 0 Å². The summed E-state index contributed by atoms with van der Waals surface area (Å²) in [5.74, 6) is -0.0980. The fourth-order valence-electron chi connectivity index (χ4n) is 2.41. The number of nitrogens with one attached hydrogen (secondary N) is 2. The van der Waals surface area contributed by atoms with Crippen molar-refractivity contribution in [2.24, 2.45) is 5.41 Å². The van der Waals surface area contributed by atoms with Crippen LogP contribution in [0.25, 0.3) is 0 Å². The van der Waals surface area contributed by atoms with Gasteiger partial charge in [0.15, 0.2) is 17.3 Å². The molecular formula is C21H24N2O5. The second-order valence-electron chi connectivity index (χ2n) is 6.74. The number of hydrogen-bond acceptors (Lipinski definition) is 5. The van der Waals surface area contributed by atoms with E-state index in [2.05, 4.69) is 10.6 Å². The van der Waals surface area contributed by atoms with Gasteiger partial charge in [0.05, 0.1) is 14.2 Å². The average molecular weight is 384 g/mol. The molecule has 0 aliphatic carbocycles. The van der Waals surface area contributed by atoms with Crippen LogP contribution in [0.5, 0.6) is 11.5 Å². The van der Waals surface area contributed by atoms with Crippen LogP contribution in [-0.2, 0) is 9.59 Å². The van der Waals surface area contributed by atoms with Crippen LogP contribution in [0.1, 0.15) is 31.1 Å². The van der Waals surface area contributed by atoms with Gasteiger partial charge in [-0.05, 0) is 45.0 Å². The highest BCUT2D eigenvalue weighted by Crippen LogP contribution is 2.31. The van der Waals surface area contributed by atoms with Crippen molar-refractivity contribution < 1.29 is 23.9 Å². The van der Waals surface area contributed by atoms with Crippen molar-refractivity contribution in [1.29, 1.82) is 0 Å². The van der Waals surface area contributed by atoms with Crippen LogP contribution in [0.2, 0.25) is 0 Å². The van der Waals surface area contributed by atoms with Gasteiger partial charge in [0.25, 0.3) is 0 Å². The summed E-state index contributed by atoms with van der Waals surface area (Å²) in [5, 5.41) is 5.40. The standard InChI is InChI=1S/C21H24N2O5/c1-13(24)14-7-6-8-15(11-14)22-19(25)21(2,3)20(26)23-16-9-10-17(27-4)18(12-16)28-5/h6-12H,1-5H3,(H,22,25)(H,23,26). The number of hydrogen-bond donors (Lipinski definition) is 2. The van der Waals surface area contributed by atoms with Gasteiger partial charge < -0.3 is 20.1 Å². The molecule has 0 heterocycles. The quantitative estimate of drug-likeness (QED) is 0.563. The van der Waals surface area contributed by atoms with Crippen LogP contribution in [0.15, 0.2) is 42.5 Å². The van der Waals surface area contributed by atoms with Gasteiger partial charge in [0.1, 0.15) is 5.41 Å². The van der Waals surface area contributed by atoms with E-state index >= 15 is 0 Å². The molecule has 0 spiro atoms. The number of rotatable bonds is 7. The molecule has 2 aromatic rings. The fourth-order valence-corrected chi connectivity index (χ4v) is 2.41. The Morgan fingerprint density at radius 3 is 1.93 bits per heavy atom. The van der Waals surface area contributed by atoms with Gasteiger partial charge in [-0.3, -0.25) is 14.4 Å². The lowest BCUT2D eigenvalue weighted by atomic mass is 9.90. The van der Waals surface area contributed by atoms with Gasteiger partial charge in [0, 0.05) is 23.0 Å². The van der Waals surface area contributed by atoms with Crippen LogP contribution in [-0.4, -0.2) is 31.8 Å². The number of carbonyl (C=O) groups is 3. The van der Waals surface area contributed by atoms with Crippen molar-refractivity contribution in [2.45, 2.75) is 20.8 Å². The molecule has 0 fully saturated rings. The number of anilines is 2. The van der Waals surface area contributed by atoms with Crippen LogP contribution < -0.4 is 20.1 Å². The molecule has 0 saturated heterocycles. The molecule has 0 radical (unpaired) electrons. The second kappa shape index (κ2) is 8.56. The normalized spacial score (nSPS) is 10.8. The molecule has 2 N–H and O–H groups in total. The highest BCUT2D eigenvalue weighted by atomic mass is 16.5. The van der Waals surface area contributed by atoms with Crippen LogP contribution >= 0.6 is 0 Å². The monoisotopic (exact) mass is 384 g/mol. The minimum atomic E-state index is -1.36. The van der Waals surface area contributed by atoms with Gasteiger partial charge >= 0.3 is 0 Å². The minimum Gasteiger partial charge on any atom is -0.493 e. The van der Waals surface area contributed by atoms with E-state index in [9.17, 15) is 14.4 Å². The lowest BCUT2D eigenvalue weighted by molar-refractivity contribution is -0.135. The lowest BCUT2D eigenvalue weighted by Crippen LogP contribution is -2.41. The molecule has 0 aromatic heterocycles. The summed E-state index contributed by atoms with van der Waals surface area (Å²) in [6.45, 7) is 4.49. The Morgan fingerprint density at radius 1 is 0.821 bits per heavy atom. The third kappa shape index (κ3) is 4.68. The zero-order valence-corrected chi connectivity index (χ0v) is 16.6. The summed E-state index contributed by atoms with van der Waals surface area (Å²) in [7, 11) is 3.01. The highest BCUT2D eigenvalue weighted by Gasteiger charge is 2.36. The molecule has 148 valence electrons. The number of ether oxygens (including phenoxy) is 2. The van der Waals surface area contributed by atoms with E-state index in [0.717, 1.165) is 0 Å². The molecule has 2 aromatic carbocycles. The Bertz CT molecular complexity index is 905. The number of ketones is 1. The zero-order chi connectivity index (χ0) is 20.9. The van der Waals surface area contributed by atoms with E-state index in [4.69, 9.17) is 9.47 Å². The zero-order valence-electron chi connectivity index (χ0n) is 16.6. The Labute approximate surface area is 164 Å². The van der Waals surface area contributed by atoms with E-state index < -0.39 is 17.2 Å². The summed E-state index contributed by atoms with van der Waals surface area (Å²) in [5.41, 5.74) is 0.0385. The van der Waals surface area contributed by atoms with Gasteiger partial charge in [-0.2, -0.15) is 0 Å². The minimum absolute atomic E-state index is 0.110. The Kier molecular flexibility index (Phi) is 6.41. The largest absolute Gasteiger partial charge is 0.493 e. The van der Waals surface area contributed by atoms with Crippen molar-refractivity contribution in [3.8, 4) is 11.5 Å². The van der Waals surface area contributed by atoms with E-state index in [0.29, 0.717) is 28.4 Å². The fraction of sp³-hybridized carbons (Fsp3) is 0.286. The molecular weight excluding hydrogens is 360 g/mol. The van der Waals surface area contributed by atoms with E-state index in [1.165, 1.54) is 35.0 Å². The smallest absolute Gasteiger partial charge is 0.239 e. The maximum atomic E-state index is 12.7. The van der Waals surface area contributed by atoms with E-state index in [1.54, 1.807) is 42.5 Å². The van der Waals surface area contributed by atoms with Crippen molar-refractivity contribution in [2.75, 3.05) is 24.9 Å². The number of Topliss-reactive ketones (excluding diaryl/α,β-unsaturated/α-hetero) is 1. The van der Waals surface area contributed by atoms with Crippen molar-refractivity contribution >= 4 is 29.0 Å². The maximum Gasteiger partial charge on any atom is 0.239 e. The van der Waals surface area contributed by atoms with Crippen LogP contribution in [0, 0.1) is 5.41 Å². The van der Waals surface area contributed by atoms with Crippen molar-refractivity contribution in [1.82, 2.24) is 0 Å². The van der Waals surface area contributed by atoms with Crippen LogP contribution in [0.4, 0.5) is 11.4 Å². The molecule has 0 aliphatic heterocycles. The highest BCUT2D eigenvalue weighted by molar-refractivity contribution is 6.14. The third-order valence-electron chi connectivity index (χ3n) is 4.30. The van der Waals surface area contributed by atoms with Gasteiger partial charge in [-0.15, -0.1) is 0 Å². The molecule has 7 heteroatoms. The Balaban J connectivity index is 2.14. The molecule has 0 unspecified atom stereocenters. The first kappa shape index (κ1) is 21.0. The first-order valence-corrected chi connectivity index (χ1v) is 8.65.